The molecular weight excluding hydrogens is 281 g/mol. The van der Waals surface area contributed by atoms with E-state index in [9.17, 15) is 9.18 Å². The maximum Gasteiger partial charge on any atom is 0.259 e. The molecule has 0 atom stereocenters. The summed E-state index contributed by atoms with van der Waals surface area (Å²) in [7, 11) is 0. The van der Waals surface area contributed by atoms with Crippen molar-refractivity contribution >= 4 is 11.4 Å². The van der Waals surface area contributed by atoms with Crippen LogP contribution in [0.5, 0.6) is 0 Å². The van der Waals surface area contributed by atoms with Crippen LogP contribution in [0.1, 0.15) is 36.8 Å². The average molecular weight is 299 g/mol. The van der Waals surface area contributed by atoms with Crippen LogP contribution in [0.2, 0.25) is 0 Å². The number of aromatic nitrogens is 1. The van der Waals surface area contributed by atoms with Crippen molar-refractivity contribution in [3.8, 4) is 0 Å². The quantitative estimate of drug-likeness (QED) is 0.758. The van der Waals surface area contributed by atoms with E-state index in [0.717, 1.165) is 12.8 Å². The molecule has 0 spiro atoms. The summed E-state index contributed by atoms with van der Waals surface area (Å²) in [5.74, 6) is -0.417. The Morgan fingerprint density at radius 2 is 2.05 bits per heavy atom. The number of benzene rings is 1. The first-order valence-electron chi connectivity index (χ1n) is 7.48. The molecule has 1 heterocycles. The number of H-pyrrole nitrogens is 1. The molecule has 0 aliphatic heterocycles. The number of nitrogens with one attached hydrogen (secondary N) is 3. The molecule has 1 aliphatic carbocycles. The van der Waals surface area contributed by atoms with Gasteiger partial charge in [0.1, 0.15) is 5.82 Å². The molecular formula is C17H18FN3O. The van der Waals surface area contributed by atoms with Gasteiger partial charge in [0.25, 0.3) is 5.56 Å². The first-order chi connectivity index (χ1) is 10.6. The average Bonchev–Trinajstić information content (AvgIpc) is 3.00. The Morgan fingerprint density at radius 3 is 2.77 bits per heavy atom. The van der Waals surface area contributed by atoms with E-state index in [1.54, 1.807) is 24.4 Å². The number of pyridine rings is 1. The zero-order valence-electron chi connectivity index (χ0n) is 12.2. The molecule has 114 valence electrons. The fourth-order valence-corrected chi connectivity index (χ4v) is 2.93. The largest absolute Gasteiger partial charge is 0.382 e. The van der Waals surface area contributed by atoms with Crippen molar-refractivity contribution in [3.63, 3.8) is 0 Å². The zero-order valence-corrected chi connectivity index (χ0v) is 12.2. The second-order valence-corrected chi connectivity index (χ2v) is 5.61. The second-order valence-electron chi connectivity index (χ2n) is 5.61. The lowest BCUT2D eigenvalue weighted by Crippen LogP contribution is -2.24. The maximum absolute atomic E-state index is 13.4. The van der Waals surface area contributed by atoms with Gasteiger partial charge in [-0.25, -0.2) is 4.39 Å². The van der Waals surface area contributed by atoms with Crippen LogP contribution in [0.15, 0.2) is 41.3 Å². The highest BCUT2D eigenvalue weighted by Crippen LogP contribution is 2.24. The molecule has 0 bridgehead atoms. The number of hydrogen-bond acceptors (Lipinski definition) is 3. The number of halogens is 1. The summed E-state index contributed by atoms with van der Waals surface area (Å²) in [6, 6.07) is 7.87. The molecule has 3 N–H and O–H groups in total. The first-order valence-corrected chi connectivity index (χ1v) is 7.48. The molecule has 0 amide bonds. The molecule has 1 aromatic heterocycles. The van der Waals surface area contributed by atoms with Gasteiger partial charge in [0.15, 0.2) is 0 Å². The van der Waals surface area contributed by atoms with Crippen LogP contribution < -0.4 is 10.9 Å². The van der Waals surface area contributed by atoms with Crippen LogP contribution in [0.25, 0.3) is 0 Å². The van der Waals surface area contributed by atoms with Gasteiger partial charge in [-0.05, 0) is 31.0 Å². The predicted octanol–water partition coefficient (Wildman–Crippen LogP) is 3.28. The first kappa shape index (κ1) is 14.5. The highest BCUT2D eigenvalue weighted by molar-refractivity contribution is 6.13. The lowest BCUT2D eigenvalue weighted by Gasteiger charge is -2.17. The van der Waals surface area contributed by atoms with Gasteiger partial charge in [0.05, 0.1) is 17.0 Å². The van der Waals surface area contributed by atoms with Gasteiger partial charge < -0.3 is 10.3 Å². The van der Waals surface area contributed by atoms with Crippen molar-refractivity contribution in [3.05, 3.63) is 63.8 Å². The molecule has 22 heavy (non-hydrogen) atoms. The monoisotopic (exact) mass is 299 g/mol. The summed E-state index contributed by atoms with van der Waals surface area (Å²) in [6.07, 6.45) is 6.07. The highest BCUT2D eigenvalue weighted by atomic mass is 19.1. The summed E-state index contributed by atoms with van der Waals surface area (Å²) >= 11 is 0. The number of hydrogen-bond donors (Lipinski definition) is 3. The van der Waals surface area contributed by atoms with Crippen LogP contribution in [0.4, 0.5) is 10.1 Å². The standard InChI is InChI=1S/C17H18FN3O/c18-12-5-3-4-11(10-12)16(19)15-14(8-9-20-17(15)22)21-13-6-1-2-7-13/h3-5,8-10,13,19H,1-2,6-7H2,(H2,20,21,22). The van der Waals surface area contributed by atoms with Crippen LogP contribution in [-0.4, -0.2) is 16.7 Å². The normalized spacial score (nSPS) is 15.0. The fourth-order valence-electron chi connectivity index (χ4n) is 2.93. The SMILES string of the molecule is N=C(c1cccc(F)c1)c1c(NC2CCCC2)cc[nH]c1=O. The van der Waals surface area contributed by atoms with Gasteiger partial charge in [0.2, 0.25) is 0 Å². The number of rotatable bonds is 4. The maximum atomic E-state index is 13.4. The Bertz CT molecular complexity index is 748. The third-order valence-electron chi connectivity index (χ3n) is 4.04. The second kappa shape index (κ2) is 6.13. The van der Waals surface area contributed by atoms with Gasteiger partial charge in [0, 0.05) is 17.8 Å². The molecule has 0 radical (unpaired) electrons. The van der Waals surface area contributed by atoms with Gasteiger partial charge in [-0.15, -0.1) is 0 Å². The minimum atomic E-state index is -0.417. The molecule has 0 unspecified atom stereocenters. The lowest BCUT2D eigenvalue weighted by atomic mass is 10.0. The third-order valence-corrected chi connectivity index (χ3v) is 4.04. The van der Waals surface area contributed by atoms with Crippen molar-refractivity contribution in [2.24, 2.45) is 0 Å². The van der Waals surface area contributed by atoms with E-state index in [0.29, 0.717) is 17.3 Å². The fraction of sp³-hybridized carbons (Fsp3) is 0.294. The van der Waals surface area contributed by atoms with Crippen LogP contribution in [-0.2, 0) is 0 Å². The molecule has 4 nitrogen and oxygen atoms in total. The van der Waals surface area contributed by atoms with E-state index in [1.807, 2.05) is 0 Å². The van der Waals surface area contributed by atoms with Crippen LogP contribution in [0, 0.1) is 11.2 Å². The van der Waals surface area contributed by atoms with E-state index in [4.69, 9.17) is 5.41 Å². The topological polar surface area (TPSA) is 68.7 Å². The Morgan fingerprint density at radius 1 is 1.27 bits per heavy atom. The van der Waals surface area contributed by atoms with E-state index >= 15 is 0 Å². The van der Waals surface area contributed by atoms with Gasteiger partial charge in [-0.1, -0.05) is 25.0 Å². The Hall–Kier alpha value is -2.43. The molecule has 1 fully saturated rings. The Kier molecular flexibility index (Phi) is 4.04. The van der Waals surface area contributed by atoms with Crippen molar-refractivity contribution in [1.29, 1.82) is 5.41 Å². The van der Waals surface area contributed by atoms with E-state index in [2.05, 4.69) is 10.3 Å². The van der Waals surface area contributed by atoms with E-state index < -0.39 is 5.82 Å². The van der Waals surface area contributed by atoms with Gasteiger partial charge in [-0.2, -0.15) is 0 Å². The summed E-state index contributed by atoms with van der Waals surface area (Å²) in [4.78, 5) is 14.8. The molecule has 2 aromatic rings. The molecule has 1 aromatic carbocycles. The van der Waals surface area contributed by atoms with Crippen molar-refractivity contribution in [1.82, 2.24) is 4.98 Å². The molecule has 0 saturated heterocycles. The van der Waals surface area contributed by atoms with Crippen LogP contribution in [0.3, 0.4) is 0 Å². The third kappa shape index (κ3) is 2.93. The summed E-state index contributed by atoms with van der Waals surface area (Å²) in [5, 5.41) is 11.7. The zero-order chi connectivity index (χ0) is 15.5. The Labute approximate surface area is 127 Å². The minimum Gasteiger partial charge on any atom is -0.382 e. The molecule has 5 heteroatoms. The van der Waals surface area contributed by atoms with E-state index in [-0.39, 0.29) is 16.8 Å². The molecule has 1 aliphatic rings. The van der Waals surface area contributed by atoms with Gasteiger partial charge >= 0.3 is 0 Å². The summed E-state index contributed by atoms with van der Waals surface area (Å²) < 4.78 is 13.4. The summed E-state index contributed by atoms with van der Waals surface area (Å²) in [6.45, 7) is 0. The smallest absolute Gasteiger partial charge is 0.259 e. The molecule has 3 rings (SSSR count). The minimum absolute atomic E-state index is 0.0295. The van der Waals surface area contributed by atoms with Crippen molar-refractivity contribution in [2.75, 3.05) is 5.32 Å². The van der Waals surface area contributed by atoms with Crippen molar-refractivity contribution < 1.29 is 4.39 Å². The lowest BCUT2D eigenvalue weighted by molar-refractivity contribution is 0.627. The number of anilines is 1. The van der Waals surface area contributed by atoms with Crippen LogP contribution >= 0.6 is 0 Å². The highest BCUT2D eigenvalue weighted by Gasteiger charge is 2.19. The van der Waals surface area contributed by atoms with Gasteiger partial charge in [-0.3, -0.25) is 10.2 Å². The predicted molar refractivity (Wildman–Crippen MR) is 85.3 cm³/mol. The summed E-state index contributed by atoms with van der Waals surface area (Å²) in [5.41, 5.74) is 0.996. The van der Waals surface area contributed by atoms with E-state index in [1.165, 1.54) is 25.0 Å². The Balaban J connectivity index is 1.98. The molecule has 1 saturated carbocycles. The number of aromatic amines is 1. The van der Waals surface area contributed by atoms with Crippen molar-refractivity contribution in [2.45, 2.75) is 31.7 Å².